The number of hydrogen-bond acceptors (Lipinski definition) is 2. The lowest BCUT2D eigenvalue weighted by Crippen LogP contribution is -2.20. The maximum atomic E-state index is 13.2. The van der Waals surface area contributed by atoms with Crippen LogP contribution < -0.4 is 5.32 Å². The second-order valence-electron chi connectivity index (χ2n) is 3.58. The maximum Gasteiger partial charge on any atom is 0.126 e. The zero-order valence-corrected chi connectivity index (χ0v) is 9.43. The molecule has 2 nitrogen and oxygen atoms in total. The molecule has 0 aromatic heterocycles. The molecule has 0 unspecified atom stereocenters. The Balaban J connectivity index is 2.23. The average molecular weight is 229 g/mol. The van der Waals surface area contributed by atoms with Crippen LogP contribution in [0.4, 0.5) is 8.78 Å². The zero-order chi connectivity index (χ0) is 11.8. The Morgan fingerprint density at radius 3 is 2.81 bits per heavy atom. The summed E-state index contributed by atoms with van der Waals surface area (Å²) in [5.74, 6) is -0.720. The minimum absolute atomic E-state index is 0.335. The lowest BCUT2D eigenvalue weighted by atomic mass is 10.1. The van der Waals surface area contributed by atoms with E-state index in [0.29, 0.717) is 18.6 Å². The normalized spacial score (nSPS) is 10.7. The van der Waals surface area contributed by atoms with Crippen molar-refractivity contribution >= 4 is 0 Å². The Bertz CT molecular complexity index is 318. The molecule has 90 valence electrons. The van der Waals surface area contributed by atoms with Gasteiger partial charge in [0.1, 0.15) is 11.6 Å². The van der Waals surface area contributed by atoms with E-state index in [4.69, 9.17) is 4.74 Å². The predicted molar refractivity (Wildman–Crippen MR) is 59.4 cm³/mol. The van der Waals surface area contributed by atoms with Crippen LogP contribution >= 0.6 is 0 Å². The standard InChI is InChI=1S/C12H17F2NO/c1-16-8-7-15-6-2-3-10-9-11(13)4-5-12(10)14/h4-5,9,15H,2-3,6-8H2,1H3. The van der Waals surface area contributed by atoms with Crippen LogP contribution in [0.5, 0.6) is 0 Å². The fourth-order valence-electron chi connectivity index (χ4n) is 1.44. The van der Waals surface area contributed by atoms with Crippen LogP contribution in [0.1, 0.15) is 12.0 Å². The highest BCUT2D eigenvalue weighted by Gasteiger charge is 2.02. The third-order valence-corrected chi connectivity index (χ3v) is 2.29. The summed E-state index contributed by atoms with van der Waals surface area (Å²) in [4.78, 5) is 0. The molecule has 0 saturated heterocycles. The van der Waals surface area contributed by atoms with Crippen LogP contribution in [0, 0.1) is 11.6 Å². The highest BCUT2D eigenvalue weighted by Crippen LogP contribution is 2.11. The van der Waals surface area contributed by atoms with Gasteiger partial charge in [0.15, 0.2) is 0 Å². The highest BCUT2D eigenvalue weighted by atomic mass is 19.1. The minimum atomic E-state index is -0.385. The molecule has 1 N–H and O–H groups in total. The van der Waals surface area contributed by atoms with Gasteiger partial charge in [-0.05, 0) is 43.1 Å². The van der Waals surface area contributed by atoms with Crippen LogP contribution in [0.25, 0.3) is 0 Å². The van der Waals surface area contributed by atoms with Crippen LogP contribution in [0.3, 0.4) is 0 Å². The van der Waals surface area contributed by atoms with Crippen LogP contribution in [-0.2, 0) is 11.2 Å². The third kappa shape index (κ3) is 4.68. The van der Waals surface area contributed by atoms with Crippen LogP contribution in [-0.4, -0.2) is 26.8 Å². The van der Waals surface area contributed by atoms with Gasteiger partial charge in [-0.25, -0.2) is 8.78 Å². The summed E-state index contributed by atoms with van der Waals surface area (Å²) < 4.78 is 30.9. The summed E-state index contributed by atoms with van der Waals surface area (Å²) in [5, 5.41) is 3.15. The number of methoxy groups -OCH3 is 1. The van der Waals surface area contributed by atoms with Gasteiger partial charge in [0, 0.05) is 13.7 Å². The molecule has 1 aromatic rings. The Morgan fingerprint density at radius 2 is 2.06 bits per heavy atom. The second-order valence-corrected chi connectivity index (χ2v) is 3.58. The molecule has 1 aromatic carbocycles. The third-order valence-electron chi connectivity index (χ3n) is 2.29. The van der Waals surface area contributed by atoms with Crippen LogP contribution in [0.2, 0.25) is 0 Å². The molecule has 1 rings (SSSR count). The van der Waals surface area contributed by atoms with Gasteiger partial charge in [0.25, 0.3) is 0 Å². The Kier molecular flexibility index (Phi) is 5.96. The number of aryl methyl sites for hydroxylation is 1. The van der Waals surface area contributed by atoms with Crippen molar-refractivity contribution in [3.63, 3.8) is 0 Å². The number of nitrogens with one attached hydrogen (secondary N) is 1. The van der Waals surface area contributed by atoms with Gasteiger partial charge < -0.3 is 10.1 Å². The van der Waals surface area contributed by atoms with E-state index in [1.807, 2.05) is 0 Å². The van der Waals surface area contributed by atoms with Crippen LogP contribution in [0.15, 0.2) is 18.2 Å². The van der Waals surface area contributed by atoms with E-state index in [0.717, 1.165) is 25.6 Å². The molecule has 0 aliphatic heterocycles. The highest BCUT2D eigenvalue weighted by molar-refractivity contribution is 5.18. The SMILES string of the molecule is COCCNCCCc1cc(F)ccc1F. The lowest BCUT2D eigenvalue weighted by molar-refractivity contribution is 0.199. The Labute approximate surface area is 94.6 Å². The molecule has 0 fully saturated rings. The monoisotopic (exact) mass is 229 g/mol. The van der Waals surface area contributed by atoms with Gasteiger partial charge in [-0.2, -0.15) is 0 Å². The largest absolute Gasteiger partial charge is 0.383 e. The molecule has 16 heavy (non-hydrogen) atoms. The maximum absolute atomic E-state index is 13.2. The van der Waals surface area contributed by atoms with Crippen molar-refractivity contribution in [2.24, 2.45) is 0 Å². The summed E-state index contributed by atoms with van der Waals surface area (Å²) in [5.41, 5.74) is 0.438. The number of rotatable bonds is 7. The molecule has 0 heterocycles. The van der Waals surface area contributed by atoms with E-state index in [-0.39, 0.29) is 11.6 Å². The van der Waals surface area contributed by atoms with Gasteiger partial charge in [-0.3, -0.25) is 0 Å². The van der Waals surface area contributed by atoms with E-state index in [9.17, 15) is 8.78 Å². The summed E-state index contributed by atoms with van der Waals surface area (Å²) in [7, 11) is 1.64. The Hall–Kier alpha value is -1.00. The van der Waals surface area contributed by atoms with E-state index in [1.54, 1.807) is 7.11 Å². The topological polar surface area (TPSA) is 21.3 Å². The number of hydrogen-bond donors (Lipinski definition) is 1. The zero-order valence-electron chi connectivity index (χ0n) is 9.43. The van der Waals surface area contributed by atoms with E-state index < -0.39 is 0 Å². The van der Waals surface area contributed by atoms with Crippen molar-refractivity contribution in [2.75, 3.05) is 26.8 Å². The predicted octanol–water partition coefficient (Wildman–Crippen LogP) is 2.13. The average Bonchev–Trinajstić information content (AvgIpc) is 2.28. The van der Waals surface area contributed by atoms with Crippen molar-refractivity contribution < 1.29 is 13.5 Å². The molecule has 0 atom stereocenters. The molecular formula is C12H17F2NO. The van der Waals surface area contributed by atoms with Gasteiger partial charge in [0.2, 0.25) is 0 Å². The molecule has 0 spiro atoms. The van der Waals surface area contributed by atoms with E-state index in [1.165, 1.54) is 12.1 Å². The summed E-state index contributed by atoms with van der Waals surface area (Å²) in [6, 6.07) is 3.56. The molecular weight excluding hydrogens is 212 g/mol. The quantitative estimate of drug-likeness (QED) is 0.723. The first kappa shape index (κ1) is 13.1. The van der Waals surface area contributed by atoms with E-state index >= 15 is 0 Å². The first-order valence-electron chi connectivity index (χ1n) is 5.37. The first-order valence-corrected chi connectivity index (χ1v) is 5.37. The minimum Gasteiger partial charge on any atom is -0.383 e. The van der Waals surface area contributed by atoms with Crippen molar-refractivity contribution in [3.05, 3.63) is 35.4 Å². The number of ether oxygens (including phenoxy) is 1. The van der Waals surface area contributed by atoms with Crippen molar-refractivity contribution in [2.45, 2.75) is 12.8 Å². The fourth-order valence-corrected chi connectivity index (χ4v) is 1.44. The van der Waals surface area contributed by atoms with Gasteiger partial charge in [-0.1, -0.05) is 0 Å². The molecule has 0 radical (unpaired) electrons. The number of benzene rings is 1. The van der Waals surface area contributed by atoms with Crippen molar-refractivity contribution in [1.29, 1.82) is 0 Å². The summed E-state index contributed by atoms with van der Waals surface area (Å²) >= 11 is 0. The van der Waals surface area contributed by atoms with Gasteiger partial charge >= 0.3 is 0 Å². The van der Waals surface area contributed by atoms with Gasteiger partial charge in [-0.15, -0.1) is 0 Å². The summed E-state index contributed by atoms with van der Waals surface area (Å²) in [6.45, 7) is 2.22. The summed E-state index contributed by atoms with van der Waals surface area (Å²) in [6.07, 6.45) is 1.33. The van der Waals surface area contributed by atoms with Gasteiger partial charge in [0.05, 0.1) is 6.61 Å². The molecule has 4 heteroatoms. The molecule has 0 aliphatic rings. The molecule has 0 amide bonds. The Morgan fingerprint density at radius 1 is 1.25 bits per heavy atom. The smallest absolute Gasteiger partial charge is 0.126 e. The van der Waals surface area contributed by atoms with E-state index in [2.05, 4.69) is 5.32 Å². The first-order chi connectivity index (χ1) is 7.74. The second kappa shape index (κ2) is 7.30. The number of halogens is 2. The van der Waals surface area contributed by atoms with Crippen molar-refractivity contribution in [1.82, 2.24) is 5.32 Å². The molecule has 0 saturated carbocycles. The lowest BCUT2D eigenvalue weighted by Gasteiger charge is -2.05. The molecule has 0 aliphatic carbocycles. The van der Waals surface area contributed by atoms with Crippen molar-refractivity contribution in [3.8, 4) is 0 Å². The molecule has 0 bridgehead atoms. The fraction of sp³-hybridized carbons (Fsp3) is 0.500.